The molecule has 8 heteroatoms. The maximum Gasteiger partial charge on any atom is 0.266 e. The van der Waals surface area contributed by atoms with Gasteiger partial charge in [0.2, 0.25) is 5.89 Å². The Morgan fingerprint density at radius 1 is 0.926 bits per heavy atom. The maximum atomic E-state index is 5.45. The van der Waals surface area contributed by atoms with Crippen molar-refractivity contribution in [2.45, 2.75) is 31.7 Å². The maximum absolute atomic E-state index is 5.45. The number of anilines is 1. The van der Waals surface area contributed by atoms with Crippen LogP contribution in [0, 0.1) is 0 Å². The first-order valence-corrected chi connectivity index (χ1v) is 9.54. The lowest BCUT2D eigenvalue weighted by Gasteiger charge is -2.19. The average molecular weight is 366 g/mol. The number of benzene rings is 1. The Hall–Kier alpha value is -2.74. The molecule has 1 aliphatic heterocycles. The molecule has 0 bridgehead atoms. The van der Waals surface area contributed by atoms with E-state index in [1.165, 1.54) is 12.8 Å². The van der Waals surface area contributed by atoms with E-state index in [0.717, 1.165) is 56.4 Å². The summed E-state index contributed by atoms with van der Waals surface area (Å²) < 4.78 is 10.8. The van der Waals surface area contributed by atoms with Gasteiger partial charge >= 0.3 is 0 Å². The Morgan fingerprint density at radius 3 is 2.67 bits per heavy atom. The fraction of sp³-hybridized carbons (Fsp3) is 0.474. The molecule has 0 atom stereocenters. The summed E-state index contributed by atoms with van der Waals surface area (Å²) in [5.74, 6) is 3.32. The number of rotatable bonds is 5. The second-order valence-electron chi connectivity index (χ2n) is 7.21. The Balaban J connectivity index is 1.21. The average Bonchev–Trinajstić information content (AvgIpc) is 3.33. The summed E-state index contributed by atoms with van der Waals surface area (Å²) >= 11 is 0. The first kappa shape index (κ1) is 16.4. The molecule has 0 N–H and O–H groups in total. The molecule has 2 aliphatic rings. The standard InChI is InChI=1S/C19H22N6O2/c1-2-5-14(6-3-1)18-21-19(23-27-18)25-10-4-9-24(11-12-25)13-16-20-17(26-22-16)15-7-8-15/h1-3,5-6,15H,4,7-13H2. The van der Waals surface area contributed by atoms with E-state index in [4.69, 9.17) is 9.05 Å². The number of hydrogen-bond acceptors (Lipinski definition) is 8. The lowest BCUT2D eigenvalue weighted by molar-refractivity contribution is 0.271. The molecule has 1 saturated heterocycles. The van der Waals surface area contributed by atoms with Crippen LogP contribution in [0.2, 0.25) is 0 Å². The van der Waals surface area contributed by atoms with Crippen LogP contribution in [-0.2, 0) is 6.54 Å². The quantitative estimate of drug-likeness (QED) is 0.681. The smallest absolute Gasteiger partial charge is 0.266 e. The van der Waals surface area contributed by atoms with Gasteiger partial charge in [-0.2, -0.15) is 9.97 Å². The normalized spacial score (nSPS) is 18.6. The van der Waals surface area contributed by atoms with Crippen LogP contribution in [0.4, 0.5) is 5.95 Å². The molecule has 3 heterocycles. The minimum Gasteiger partial charge on any atom is -0.339 e. The minimum absolute atomic E-state index is 0.503. The fourth-order valence-corrected chi connectivity index (χ4v) is 3.40. The van der Waals surface area contributed by atoms with E-state index in [-0.39, 0.29) is 0 Å². The second-order valence-corrected chi connectivity index (χ2v) is 7.21. The highest BCUT2D eigenvalue weighted by atomic mass is 16.5. The minimum atomic E-state index is 0.503. The van der Waals surface area contributed by atoms with Crippen LogP contribution in [-0.4, -0.2) is 51.4 Å². The summed E-state index contributed by atoms with van der Waals surface area (Å²) in [6.45, 7) is 4.38. The molecule has 0 spiro atoms. The Morgan fingerprint density at radius 2 is 1.81 bits per heavy atom. The summed E-state index contributed by atoms with van der Waals surface area (Å²) in [5.41, 5.74) is 0.941. The van der Waals surface area contributed by atoms with E-state index >= 15 is 0 Å². The van der Waals surface area contributed by atoms with Crippen molar-refractivity contribution in [3.05, 3.63) is 42.0 Å². The largest absolute Gasteiger partial charge is 0.339 e. The molecular formula is C19H22N6O2. The van der Waals surface area contributed by atoms with Crippen molar-refractivity contribution in [1.29, 1.82) is 0 Å². The Bertz CT molecular complexity index is 889. The van der Waals surface area contributed by atoms with Gasteiger partial charge in [-0.25, -0.2) is 0 Å². The van der Waals surface area contributed by atoms with E-state index < -0.39 is 0 Å². The highest BCUT2D eigenvalue weighted by molar-refractivity contribution is 5.54. The molecule has 0 amide bonds. The molecule has 0 radical (unpaired) electrons. The van der Waals surface area contributed by atoms with Crippen LogP contribution in [0.3, 0.4) is 0 Å². The van der Waals surface area contributed by atoms with Gasteiger partial charge in [-0.3, -0.25) is 4.90 Å². The Labute approximate surface area is 157 Å². The molecule has 1 aromatic carbocycles. The van der Waals surface area contributed by atoms with E-state index in [2.05, 4.69) is 30.1 Å². The molecule has 140 valence electrons. The van der Waals surface area contributed by atoms with Gasteiger partial charge in [0.1, 0.15) is 0 Å². The zero-order valence-electron chi connectivity index (χ0n) is 15.1. The van der Waals surface area contributed by atoms with Crippen molar-refractivity contribution >= 4 is 5.95 Å². The molecule has 3 aromatic rings. The predicted octanol–water partition coefficient (Wildman–Crippen LogP) is 2.71. The van der Waals surface area contributed by atoms with Gasteiger partial charge < -0.3 is 13.9 Å². The molecule has 0 unspecified atom stereocenters. The zero-order chi connectivity index (χ0) is 18.1. The van der Waals surface area contributed by atoms with Crippen molar-refractivity contribution in [1.82, 2.24) is 25.2 Å². The summed E-state index contributed by atoms with van der Waals surface area (Å²) in [6.07, 6.45) is 3.38. The third-order valence-electron chi connectivity index (χ3n) is 5.08. The van der Waals surface area contributed by atoms with Gasteiger partial charge in [-0.1, -0.05) is 23.4 Å². The van der Waals surface area contributed by atoms with Gasteiger partial charge in [-0.05, 0) is 36.6 Å². The fourth-order valence-electron chi connectivity index (χ4n) is 3.40. The van der Waals surface area contributed by atoms with Gasteiger partial charge in [-0.15, -0.1) is 0 Å². The summed E-state index contributed by atoms with van der Waals surface area (Å²) in [7, 11) is 0. The van der Waals surface area contributed by atoms with Gasteiger partial charge in [0.25, 0.3) is 11.8 Å². The number of aromatic nitrogens is 4. The third kappa shape index (κ3) is 3.71. The van der Waals surface area contributed by atoms with Crippen LogP contribution in [0.5, 0.6) is 0 Å². The van der Waals surface area contributed by atoms with E-state index in [9.17, 15) is 0 Å². The number of hydrogen-bond donors (Lipinski definition) is 0. The van der Waals surface area contributed by atoms with Crippen molar-refractivity contribution in [3.8, 4) is 11.5 Å². The second kappa shape index (κ2) is 7.11. The molecule has 8 nitrogen and oxygen atoms in total. The van der Waals surface area contributed by atoms with Crippen molar-refractivity contribution in [2.24, 2.45) is 0 Å². The van der Waals surface area contributed by atoms with Crippen LogP contribution < -0.4 is 4.90 Å². The van der Waals surface area contributed by atoms with Crippen molar-refractivity contribution in [2.75, 3.05) is 31.1 Å². The van der Waals surface area contributed by atoms with Crippen molar-refractivity contribution < 1.29 is 9.05 Å². The summed E-state index contributed by atoms with van der Waals surface area (Å²) in [6, 6.07) is 9.86. The lowest BCUT2D eigenvalue weighted by atomic mass is 10.2. The van der Waals surface area contributed by atoms with E-state index in [1.54, 1.807) is 0 Å². The summed E-state index contributed by atoms with van der Waals surface area (Å²) in [5, 5.41) is 8.31. The molecule has 1 saturated carbocycles. The van der Waals surface area contributed by atoms with Gasteiger partial charge in [0.15, 0.2) is 5.82 Å². The molecule has 2 aromatic heterocycles. The summed E-state index contributed by atoms with van der Waals surface area (Å²) in [4.78, 5) is 13.7. The van der Waals surface area contributed by atoms with Gasteiger partial charge in [0, 0.05) is 37.7 Å². The van der Waals surface area contributed by atoms with Gasteiger partial charge in [0.05, 0.1) is 6.54 Å². The monoisotopic (exact) mass is 366 g/mol. The SMILES string of the molecule is c1ccc(-c2nc(N3CCCN(Cc4noc(C5CC5)n4)CC3)no2)cc1. The highest BCUT2D eigenvalue weighted by Crippen LogP contribution is 2.38. The number of nitrogens with zero attached hydrogens (tertiary/aromatic N) is 6. The predicted molar refractivity (Wildman–Crippen MR) is 98.1 cm³/mol. The van der Waals surface area contributed by atoms with Crippen LogP contribution in [0.1, 0.15) is 36.9 Å². The molecular weight excluding hydrogens is 344 g/mol. The van der Waals surface area contributed by atoms with Crippen molar-refractivity contribution in [3.63, 3.8) is 0 Å². The highest BCUT2D eigenvalue weighted by Gasteiger charge is 2.30. The first-order chi connectivity index (χ1) is 13.3. The van der Waals surface area contributed by atoms with Crippen LogP contribution in [0.25, 0.3) is 11.5 Å². The van der Waals surface area contributed by atoms with E-state index in [1.807, 2.05) is 30.3 Å². The van der Waals surface area contributed by atoms with Crippen LogP contribution in [0.15, 0.2) is 39.4 Å². The Kier molecular flexibility index (Phi) is 4.33. The molecule has 5 rings (SSSR count). The zero-order valence-corrected chi connectivity index (χ0v) is 15.1. The molecule has 1 aliphatic carbocycles. The van der Waals surface area contributed by atoms with E-state index in [0.29, 0.717) is 17.8 Å². The molecule has 27 heavy (non-hydrogen) atoms. The topological polar surface area (TPSA) is 84.3 Å². The van der Waals surface area contributed by atoms with Crippen LogP contribution >= 0.6 is 0 Å². The lowest BCUT2D eigenvalue weighted by Crippen LogP contribution is -2.31. The third-order valence-corrected chi connectivity index (χ3v) is 5.08. The first-order valence-electron chi connectivity index (χ1n) is 9.54. The molecule has 2 fully saturated rings.